The number of aromatic nitrogens is 1. The summed E-state index contributed by atoms with van der Waals surface area (Å²) in [6, 6.07) is 7.68. The summed E-state index contributed by atoms with van der Waals surface area (Å²) >= 11 is 0. The van der Waals surface area contributed by atoms with Gasteiger partial charge in [-0.25, -0.2) is 5.01 Å². The first-order valence-corrected chi connectivity index (χ1v) is 6.54. The number of hydrogen-bond donors (Lipinski definition) is 2. The Morgan fingerprint density at radius 3 is 2.79 bits per heavy atom. The first-order valence-electron chi connectivity index (χ1n) is 6.54. The Labute approximate surface area is 112 Å². The summed E-state index contributed by atoms with van der Waals surface area (Å²) in [5, 5.41) is 2.96. The van der Waals surface area contributed by atoms with Gasteiger partial charge in [-0.2, -0.15) is 0 Å². The third kappa shape index (κ3) is 2.47. The number of fused-ring (bicyclic) bond motifs is 1. The Bertz CT molecular complexity index is 584. The summed E-state index contributed by atoms with van der Waals surface area (Å²) in [7, 11) is 2.10. The van der Waals surface area contributed by atoms with E-state index in [0.29, 0.717) is 0 Å². The molecule has 0 unspecified atom stereocenters. The lowest BCUT2D eigenvalue weighted by Gasteiger charge is -2.32. The number of amides is 1. The molecule has 5 nitrogen and oxygen atoms in total. The molecule has 100 valence electrons. The molecule has 19 heavy (non-hydrogen) atoms. The second kappa shape index (κ2) is 5.03. The zero-order chi connectivity index (χ0) is 13.2. The van der Waals surface area contributed by atoms with Gasteiger partial charge in [-0.05, 0) is 25.2 Å². The minimum Gasteiger partial charge on any atom is -0.361 e. The number of nitrogens with one attached hydrogen (secondary N) is 2. The van der Waals surface area contributed by atoms with Gasteiger partial charge >= 0.3 is 0 Å². The number of carbonyl (C=O) groups is 1. The van der Waals surface area contributed by atoms with E-state index in [1.54, 1.807) is 0 Å². The fourth-order valence-electron chi connectivity index (χ4n) is 2.41. The van der Waals surface area contributed by atoms with Crippen molar-refractivity contribution in [1.29, 1.82) is 0 Å². The number of H-pyrrole nitrogens is 1. The van der Waals surface area contributed by atoms with Gasteiger partial charge < -0.3 is 9.88 Å². The highest BCUT2D eigenvalue weighted by molar-refractivity contribution is 6.06. The van der Waals surface area contributed by atoms with Crippen molar-refractivity contribution in [2.24, 2.45) is 0 Å². The van der Waals surface area contributed by atoms with Crippen LogP contribution < -0.4 is 5.43 Å². The molecule has 1 aliphatic rings. The van der Waals surface area contributed by atoms with Crippen LogP contribution >= 0.6 is 0 Å². The minimum atomic E-state index is -0.0326. The molecule has 5 heteroatoms. The molecule has 0 spiro atoms. The number of piperazine rings is 1. The fourth-order valence-corrected chi connectivity index (χ4v) is 2.41. The molecule has 0 radical (unpaired) electrons. The van der Waals surface area contributed by atoms with Crippen LogP contribution in [0.3, 0.4) is 0 Å². The zero-order valence-corrected chi connectivity index (χ0v) is 11.0. The van der Waals surface area contributed by atoms with Crippen molar-refractivity contribution >= 4 is 16.8 Å². The maximum absolute atomic E-state index is 12.3. The van der Waals surface area contributed by atoms with Crippen LogP contribution in [0.25, 0.3) is 10.9 Å². The lowest BCUT2D eigenvalue weighted by atomic mass is 10.1. The number of likely N-dealkylation sites (N-methyl/N-ethyl adjacent to an activating group) is 1. The molecular formula is C14H18N4O. The second-order valence-corrected chi connectivity index (χ2v) is 4.98. The smallest absolute Gasteiger partial charge is 0.266 e. The third-order valence-electron chi connectivity index (χ3n) is 3.60. The highest BCUT2D eigenvalue weighted by atomic mass is 16.2. The maximum Gasteiger partial charge on any atom is 0.266 e. The summed E-state index contributed by atoms with van der Waals surface area (Å²) in [5.41, 5.74) is 4.70. The van der Waals surface area contributed by atoms with E-state index in [0.717, 1.165) is 42.6 Å². The number of aromatic amines is 1. The molecule has 0 aliphatic carbocycles. The quantitative estimate of drug-likeness (QED) is 0.847. The Kier molecular flexibility index (Phi) is 3.23. The minimum absolute atomic E-state index is 0.0326. The SMILES string of the molecule is CN1CCN(NC(=O)c2cccc3[nH]ccc23)CC1. The molecule has 1 amide bonds. The van der Waals surface area contributed by atoms with Crippen molar-refractivity contribution < 1.29 is 4.79 Å². The van der Waals surface area contributed by atoms with Gasteiger partial charge in [0.1, 0.15) is 0 Å². The normalized spacial score (nSPS) is 17.7. The van der Waals surface area contributed by atoms with Gasteiger partial charge in [-0.1, -0.05) is 6.07 Å². The van der Waals surface area contributed by atoms with Crippen molar-refractivity contribution in [2.45, 2.75) is 0 Å². The van der Waals surface area contributed by atoms with Gasteiger partial charge in [0.25, 0.3) is 5.91 Å². The summed E-state index contributed by atoms with van der Waals surface area (Å²) in [6.07, 6.45) is 1.86. The predicted molar refractivity (Wildman–Crippen MR) is 74.8 cm³/mol. The van der Waals surface area contributed by atoms with Gasteiger partial charge in [0.15, 0.2) is 0 Å². The van der Waals surface area contributed by atoms with Crippen LogP contribution in [0.15, 0.2) is 30.5 Å². The van der Waals surface area contributed by atoms with Crippen LogP contribution in [0, 0.1) is 0 Å². The topological polar surface area (TPSA) is 51.4 Å². The Hall–Kier alpha value is -1.85. The van der Waals surface area contributed by atoms with Gasteiger partial charge in [0.2, 0.25) is 0 Å². The number of carbonyl (C=O) groups excluding carboxylic acids is 1. The lowest BCUT2D eigenvalue weighted by Crippen LogP contribution is -2.52. The Morgan fingerprint density at radius 2 is 2.00 bits per heavy atom. The van der Waals surface area contributed by atoms with Crippen molar-refractivity contribution in [2.75, 3.05) is 33.2 Å². The summed E-state index contributed by atoms with van der Waals surface area (Å²) in [5.74, 6) is -0.0326. The lowest BCUT2D eigenvalue weighted by molar-refractivity contribution is 0.0664. The first kappa shape index (κ1) is 12.2. The number of hydrogen-bond acceptors (Lipinski definition) is 3. The van der Waals surface area contributed by atoms with Crippen molar-refractivity contribution in [1.82, 2.24) is 20.3 Å². The molecule has 2 heterocycles. The predicted octanol–water partition coefficient (Wildman–Crippen LogP) is 1.06. The van der Waals surface area contributed by atoms with Crippen LogP contribution in [0.1, 0.15) is 10.4 Å². The average molecular weight is 258 g/mol. The Morgan fingerprint density at radius 1 is 1.21 bits per heavy atom. The summed E-state index contributed by atoms with van der Waals surface area (Å²) in [6.45, 7) is 3.69. The van der Waals surface area contributed by atoms with Crippen LogP contribution in [0.4, 0.5) is 0 Å². The highest BCUT2D eigenvalue weighted by Crippen LogP contribution is 2.17. The summed E-state index contributed by atoms with van der Waals surface area (Å²) < 4.78 is 0. The number of nitrogens with zero attached hydrogens (tertiary/aromatic N) is 2. The van der Waals surface area contributed by atoms with E-state index in [1.165, 1.54) is 0 Å². The average Bonchev–Trinajstić information content (AvgIpc) is 2.89. The van der Waals surface area contributed by atoms with Crippen LogP contribution in [0.5, 0.6) is 0 Å². The molecule has 3 rings (SSSR count). The molecule has 1 saturated heterocycles. The molecule has 1 aliphatic heterocycles. The first-order chi connectivity index (χ1) is 9.24. The number of benzene rings is 1. The van der Waals surface area contributed by atoms with Gasteiger partial charge in [-0.15, -0.1) is 0 Å². The summed E-state index contributed by atoms with van der Waals surface area (Å²) in [4.78, 5) is 17.7. The van der Waals surface area contributed by atoms with E-state index in [2.05, 4.69) is 22.4 Å². The molecular weight excluding hydrogens is 240 g/mol. The molecule has 2 aromatic rings. The van der Waals surface area contributed by atoms with E-state index in [9.17, 15) is 4.79 Å². The third-order valence-corrected chi connectivity index (χ3v) is 3.60. The van der Waals surface area contributed by atoms with Crippen molar-refractivity contribution in [3.63, 3.8) is 0 Å². The van der Waals surface area contributed by atoms with Crippen LogP contribution in [-0.2, 0) is 0 Å². The molecule has 1 aromatic carbocycles. The van der Waals surface area contributed by atoms with Gasteiger partial charge in [0.05, 0.1) is 5.56 Å². The van der Waals surface area contributed by atoms with E-state index in [4.69, 9.17) is 0 Å². The maximum atomic E-state index is 12.3. The molecule has 0 bridgehead atoms. The van der Waals surface area contributed by atoms with E-state index >= 15 is 0 Å². The monoisotopic (exact) mass is 258 g/mol. The van der Waals surface area contributed by atoms with Crippen LogP contribution in [-0.4, -0.2) is 54.0 Å². The van der Waals surface area contributed by atoms with Crippen molar-refractivity contribution in [3.05, 3.63) is 36.0 Å². The van der Waals surface area contributed by atoms with Crippen molar-refractivity contribution in [3.8, 4) is 0 Å². The number of rotatable bonds is 2. The molecule has 1 fully saturated rings. The zero-order valence-electron chi connectivity index (χ0n) is 11.0. The van der Waals surface area contributed by atoms with E-state index < -0.39 is 0 Å². The second-order valence-electron chi connectivity index (χ2n) is 4.98. The number of hydrazine groups is 1. The highest BCUT2D eigenvalue weighted by Gasteiger charge is 2.17. The molecule has 2 N–H and O–H groups in total. The molecule has 0 atom stereocenters. The van der Waals surface area contributed by atoms with E-state index in [-0.39, 0.29) is 5.91 Å². The van der Waals surface area contributed by atoms with Crippen LogP contribution in [0.2, 0.25) is 0 Å². The molecule has 0 saturated carbocycles. The Balaban J connectivity index is 1.75. The standard InChI is InChI=1S/C14H18N4O/c1-17-7-9-18(10-8-17)16-14(19)12-3-2-4-13-11(12)5-6-15-13/h2-6,15H,7-10H2,1H3,(H,16,19). The van der Waals surface area contributed by atoms with Gasteiger partial charge in [-0.3, -0.25) is 10.2 Å². The van der Waals surface area contributed by atoms with Gasteiger partial charge in [0, 0.05) is 43.3 Å². The molecule has 1 aromatic heterocycles. The fraction of sp³-hybridized carbons (Fsp3) is 0.357. The largest absolute Gasteiger partial charge is 0.361 e. The van der Waals surface area contributed by atoms with E-state index in [1.807, 2.05) is 35.5 Å².